The lowest BCUT2D eigenvalue weighted by Gasteiger charge is -2.32. The molecule has 0 heterocycles. The van der Waals surface area contributed by atoms with Crippen molar-refractivity contribution in [3.05, 3.63) is 35.9 Å². The molecule has 3 heteroatoms. The summed E-state index contributed by atoms with van der Waals surface area (Å²) in [5.41, 5.74) is 0.654. The van der Waals surface area contributed by atoms with E-state index in [1.165, 1.54) is 0 Å². The Morgan fingerprint density at radius 3 is 2.44 bits per heavy atom. The second-order valence-electron chi connectivity index (χ2n) is 5.41. The summed E-state index contributed by atoms with van der Waals surface area (Å²) in [4.78, 5) is 14.8. The summed E-state index contributed by atoms with van der Waals surface area (Å²) < 4.78 is 0. The number of alkyl halides is 1. The van der Waals surface area contributed by atoms with E-state index in [1.54, 1.807) is 0 Å². The summed E-state index contributed by atoms with van der Waals surface area (Å²) in [6.07, 6.45) is 2.31. The minimum absolute atomic E-state index is 0.246. The van der Waals surface area contributed by atoms with E-state index in [1.807, 2.05) is 49.1 Å². The molecule has 0 bridgehead atoms. The molecule has 1 aromatic carbocycles. The van der Waals surface area contributed by atoms with Crippen LogP contribution in [0.1, 0.15) is 32.3 Å². The lowest BCUT2D eigenvalue weighted by molar-refractivity contribution is -0.136. The van der Waals surface area contributed by atoms with E-state index in [0.29, 0.717) is 6.04 Å². The molecule has 1 aliphatic carbocycles. The molecule has 1 saturated carbocycles. The van der Waals surface area contributed by atoms with Gasteiger partial charge in [-0.2, -0.15) is 0 Å². The molecule has 0 N–H and O–H groups in total. The van der Waals surface area contributed by atoms with E-state index in [-0.39, 0.29) is 5.91 Å². The number of nitrogens with zero attached hydrogens (tertiary/aromatic N) is 1. The zero-order chi connectivity index (χ0) is 13.2. The lowest BCUT2D eigenvalue weighted by atomic mass is 9.83. The summed E-state index contributed by atoms with van der Waals surface area (Å²) in [5, 5.41) is 0.847. The van der Waals surface area contributed by atoms with Crippen LogP contribution >= 0.6 is 15.9 Å². The predicted molar refractivity (Wildman–Crippen MR) is 78.0 cm³/mol. The molecule has 0 aliphatic heterocycles. The normalized spacial score (nSPS) is 15.5. The van der Waals surface area contributed by atoms with Crippen molar-refractivity contribution in [2.24, 2.45) is 0 Å². The minimum atomic E-state index is -0.438. The van der Waals surface area contributed by atoms with E-state index >= 15 is 0 Å². The average Bonchev–Trinajstić information content (AvgIpc) is 3.20. The van der Waals surface area contributed by atoms with Crippen molar-refractivity contribution >= 4 is 21.8 Å². The Morgan fingerprint density at radius 2 is 1.94 bits per heavy atom. The van der Waals surface area contributed by atoms with Gasteiger partial charge in [0.05, 0.1) is 5.41 Å². The van der Waals surface area contributed by atoms with Crippen molar-refractivity contribution in [3.63, 3.8) is 0 Å². The Labute approximate surface area is 117 Å². The molecule has 0 aromatic heterocycles. The zero-order valence-electron chi connectivity index (χ0n) is 11.0. The van der Waals surface area contributed by atoms with Gasteiger partial charge in [-0.3, -0.25) is 4.79 Å². The summed E-state index contributed by atoms with van der Waals surface area (Å²) in [5.74, 6) is 0.246. The largest absolute Gasteiger partial charge is 0.338 e. The smallest absolute Gasteiger partial charge is 0.232 e. The summed E-state index contributed by atoms with van der Waals surface area (Å²) >= 11 is 3.44. The highest BCUT2D eigenvalue weighted by Crippen LogP contribution is 2.33. The maximum absolute atomic E-state index is 12.7. The van der Waals surface area contributed by atoms with Crippen LogP contribution < -0.4 is 0 Å². The molecular weight excluding hydrogens is 290 g/mol. The number of carbonyl (C=O) groups excluding carboxylic acids is 1. The Kier molecular flexibility index (Phi) is 4.10. The Balaban J connectivity index is 2.20. The van der Waals surface area contributed by atoms with Crippen molar-refractivity contribution in [3.8, 4) is 0 Å². The van der Waals surface area contributed by atoms with E-state index < -0.39 is 5.41 Å². The van der Waals surface area contributed by atoms with Crippen LogP contribution in [0.5, 0.6) is 0 Å². The molecule has 1 aromatic rings. The maximum Gasteiger partial charge on any atom is 0.232 e. The number of benzene rings is 1. The number of hydrogen-bond acceptors (Lipinski definition) is 1. The molecule has 0 atom stereocenters. The molecule has 0 spiro atoms. The molecule has 0 unspecified atom stereocenters. The Morgan fingerprint density at radius 1 is 1.33 bits per heavy atom. The molecule has 0 radical (unpaired) electrons. The SMILES string of the molecule is CC(C)(C(=O)N(CCBr)C1CC1)c1ccccc1. The molecule has 98 valence electrons. The summed E-state index contributed by atoms with van der Waals surface area (Å²) in [6.45, 7) is 4.85. The number of hydrogen-bond donors (Lipinski definition) is 0. The molecule has 2 nitrogen and oxygen atoms in total. The number of halogens is 1. The monoisotopic (exact) mass is 309 g/mol. The molecular formula is C15H20BrNO. The van der Waals surface area contributed by atoms with Gasteiger partial charge in [0, 0.05) is 17.9 Å². The quantitative estimate of drug-likeness (QED) is 0.764. The highest BCUT2D eigenvalue weighted by Gasteiger charge is 2.39. The Bertz CT molecular complexity index is 412. The van der Waals surface area contributed by atoms with Crippen LogP contribution in [0.25, 0.3) is 0 Å². The lowest BCUT2D eigenvalue weighted by Crippen LogP contribution is -2.45. The highest BCUT2D eigenvalue weighted by molar-refractivity contribution is 9.09. The van der Waals surface area contributed by atoms with Crippen molar-refractivity contribution in [1.29, 1.82) is 0 Å². The van der Waals surface area contributed by atoms with Crippen LogP contribution in [0.4, 0.5) is 0 Å². The van der Waals surface area contributed by atoms with Crippen LogP contribution in [-0.2, 0) is 10.2 Å². The molecule has 1 aliphatic rings. The van der Waals surface area contributed by atoms with Crippen molar-refractivity contribution in [2.75, 3.05) is 11.9 Å². The van der Waals surface area contributed by atoms with Gasteiger partial charge in [-0.1, -0.05) is 46.3 Å². The fourth-order valence-corrected chi connectivity index (χ4v) is 2.65. The third-order valence-corrected chi connectivity index (χ3v) is 3.96. The Hall–Kier alpha value is -0.830. The van der Waals surface area contributed by atoms with E-state index in [4.69, 9.17) is 0 Å². The van der Waals surface area contributed by atoms with Crippen LogP contribution in [0.15, 0.2) is 30.3 Å². The number of rotatable bonds is 5. The first kappa shape index (κ1) is 13.6. The van der Waals surface area contributed by atoms with Gasteiger partial charge in [-0.15, -0.1) is 0 Å². The van der Waals surface area contributed by atoms with Gasteiger partial charge >= 0.3 is 0 Å². The second kappa shape index (κ2) is 5.43. The highest BCUT2D eigenvalue weighted by atomic mass is 79.9. The topological polar surface area (TPSA) is 20.3 Å². The van der Waals surface area contributed by atoms with Crippen molar-refractivity contribution in [2.45, 2.75) is 38.1 Å². The van der Waals surface area contributed by atoms with Crippen molar-refractivity contribution < 1.29 is 4.79 Å². The van der Waals surface area contributed by atoms with Gasteiger partial charge in [0.25, 0.3) is 0 Å². The fraction of sp³-hybridized carbons (Fsp3) is 0.533. The third kappa shape index (κ3) is 2.77. The first-order valence-corrected chi connectivity index (χ1v) is 7.62. The summed E-state index contributed by atoms with van der Waals surface area (Å²) in [7, 11) is 0. The van der Waals surface area contributed by atoms with Gasteiger partial charge in [-0.05, 0) is 32.3 Å². The van der Waals surface area contributed by atoms with Crippen LogP contribution in [0, 0.1) is 0 Å². The molecule has 1 fully saturated rings. The standard InChI is InChI=1S/C15H20BrNO/c1-15(2,12-6-4-3-5-7-12)14(18)17(11-10-16)13-8-9-13/h3-7,13H,8-11H2,1-2H3. The van der Waals surface area contributed by atoms with Crippen LogP contribution in [0.3, 0.4) is 0 Å². The average molecular weight is 310 g/mol. The van der Waals surface area contributed by atoms with Gasteiger partial charge in [0.15, 0.2) is 0 Å². The van der Waals surface area contributed by atoms with Crippen molar-refractivity contribution in [1.82, 2.24) is 4.90 Å². The van der Waals surface area contributed by atoms with E-state index in [2.05, 4.69) is 15.9 Å². The first-order valence-electron chi connectivity index (χ1n) is 6.50. The zero-order valence-corrected chi connectivity index (χ0v) is 12.6. The third-order valence-electron chi connectivity index (χ3n) is 3.60. The van der Waals surface area contributed by atoms with E-state index in [0.717, 1.165) is 30.3 Å². The second-order valence-corrected chi connectivity index (χ2v) is 6.20. The molecule has 0 saturated heterocycles. The molecule has 18 heavy (non-hydrogen) atoms. The van der Waals surface area contributed by atoms with Crippen LogP contribution in [0.2, 0.25) is 0 Å². The summed E-state index contributed by atoms with van der Waals surface area (Å²) in [6, 6.07) is 10.5. The predicted octanol–water partition coefficient (Wildman–Crippen LogP) is 3.35. The minimum Gasteiger partial charge on any atom is -0.338 e. The maximum atomic E-state index is 12.7. The fourth-order valence-electron chi connectivity index (χ4n) is 2.26. The van der Waals surface area contributed by atoms with Gasteiger partial charge < -0.3 is 4.90 Å². The van der Waals surface area contributed by atoms with Gasteiger partial charge in [-0.25, -0.2) is 0 Å². The number of carbonyl (C=O) groups is 1. The van der Waals surface area contributed by atoms with Gasteiger partial charge in [0.2, 0.25) is 5.91 Å². The molecule has 1 amide bonds. The van der Waals surface area contributed by atoms with E-state index in [9.17, 15) is 4.79 Å². The first-order chi connectivity index (χ1) is 8.57. The number of amides is 1. The van der Waals surface area contributed by atoms with Crippen LogP contribution in [-0.4, -0.2) is 28.7 Å². The van der Waals surface area contributed by atoms with Gasteiger partial charge in [0.1, 0.15) is 0 Å². The molecule has 2 rings (SSSR count).